The zero-order valence-corrected chi connectivity index (χ0v) is 20.1. The summed E-state index contributed by atoms with van der Waals surface area (Å²) < 4.78 is 0. The molecular weight excluding hydrogens is 426 g/mol. The summed E-state index contributed by atoms with van der Waals surface area (Å²) in [6.45, 7) is 4.07. The van der Waals surface area contributed by atoms with Gasteiger partial charge >= 0.3 is 5.97 Å². The Bertz CT molecular complexity index is 1140. The van der Waals surface area contributed by atoms with Gasteiger partial charge in [0, 0.05) is 51.6 Å². The molecule has 7 heteroatoms. The Morgan fingerprint density at radius 1 is 0.971 bits per heavy atom. The topological polar surface area (TPSA) is 81.6 Å². The van der Waals surface area contributed by atoms with Crippen LogP contribution in [0.4, 0.5) is 17.3 Å². The van der Waals surface area contributed by atoms with E-state index < -0.39 is 5.97 Å². The fourth-order valence-corrected chi connectivity index (χ4v) is 3.51. The molecule has 0 saturated carbocycles. The molecule has 3 rings (SSSR count). The number of hydrogen-bond acceptors (Lipinski definition) is 6. The predicted octanol–water partition coefficient (Wildman–Crippen LogP) is 4.47. The zero-order valence-electron chi connectivity index (χ0n) is 20.1. The first-order valence-electron chi connectivity index (χ1n) is 11.0. The maximum Gasteiger partial charge on any atom is 0.308 e. The number of nitrogens with zero attached hydrogens (tertiary/aromatic N) is 4. The number of hydrogen-bond donors (Lipinski definition) is 2. The maximum atomic E-state index is 11.4. The van der Waals surface area contributed by atoms with E-state index in [9.17, 15) is 9.90 Å². The Morgan fingerprint density at radius 2 is 1.56 bits per heavy atom. The Labute approximate surface area is 201 Å². The number of carboxylic acid groups (broad SMARTS) is 1. The summed E-state index contributed by atoms with van der Waals surface area (Å²) in [7, 11) is 7.43. The van der Waals surface area contributed by atoms with Crippen LogP contribution in [-0.2, 0) is 17.6 Å². The molecule has 2 aromatic carbocycles. The van der Waals surface area contributed by atoms with Gasteiger partial charge in [-0.25, -0.2) is 9.97 Å². The minimum Gasteiger partial charge on any atom is -0.481 e. The number of carbonyl (C=O) groups is 1. The first-order valence-corrected chi connectivity index (χ1v) is 11.0. The molecule has 0 spiro atoms. The molecule has 0 bridgehead atoms. The molecule has 2 N–H and O–H groups in total. The van der Waals surface area contributed by atoms with Crippen LogP contribution in [0.25, 0.3) is 6.08 Å². The van der Waals surface area contributed by atoms with E-state index in [1.54, 1.807) is 0 Å². The van der Waals surface area contributed by atoms with Crippen molar-refractivity contribution in [2.45, 2.75) is 12.8 Å². The third kappa shape index (κ3) is 6.68. The van der Waals surface area contributed by atoms with Crippen LogP contribution >= 0.6 is 0 Å². The second-order valence-corrected chi connectivity index (χ2v) is 8.39. The van der Waals surface area contributed by atoms with Crippen molar-refractivity contribution < 1.29 is 9.90 Å². The van der Waals surface area contributed by atoms with Gasteiger partial charge in [0.25, 0.3) is 0 Å². The Morgan fingerprint density at radius 3 is 2.09 bits per heavy atom. The monoisotopic (exact) mass is 457 g/mol. The normalized spacial score (nSPS) is 10.8. The molecule has 0 unspecified atom stereocenters. The van der Waals surface area contributed by atoms with Crippen LogP contribution in [0.2, 0.25) is 0 Å². The van der Waals surface area contributed by atoms with Gasteiger partial charge in [-0.3, -0.25) is 4.79 Å². The van der Waals surface area contributed by atoms with Gasteiger partial charge in [0.15, 0.2) is 0 Å². The smallest absolute Gasteiger partial charge is 0.308 e. The van der Waals surface area contributed by atoms with Gasteiger partial charge in [-0.1, -0.05) is 55.1 Å². The molecule has 34 heavy (non-hydrogen) atoms. The third-order valence-corrected chi connectivity index (χ3v) is 5.08. The number of allylic oxidation sites excluding steroid dienone is 1. The zero-order chi connectivity index (χ0) is 24.7. The Hall–Kier alpha value is -4.13. The van der Waals surface area contributed by atoms with E-state index in [0.717, 1.165) is 22.5 Å². The summed E-state index contributed by atoms with van der Waals surface area (Å²) in [4.78, 5) is 24.4. The molecule has 0 aliphatic rings. The first-order chi connectivity index (χ1) is 16.2. The van der Waals surface area contributed by atoms with Crippen LogP contribution in [0, 0.1) is 0 Å². The van der Waals surface area contributed by atoms with Gasteiger partial charge in [-0.05, 0) is 29.3 Å². The van der Waals surface area contributed by atoms with Crippen LogP contribution in [-0.4, -0.2) is 49.2 Å². The highest BCUT2D eigenvalue weighted by molar-refractivity contribution is 5.76. The largest absolute Gasteiger partial charge is 0.481 e. The molecule has 0 radical (unpaired) electrons. The number of aromatic nitrogens is 2. The number of carboxylic acids is 1. The minimum absolute atomic E-state index is 0.135. The Balaban J connectivity index is 1.75. The second kappa shape index (κ2) is 11.1. The van der Waals surface area contributed by atoms with Gasteiger partial charge in [0.1, 0.15) is 17.5 Å². The van der Waals surface area contributed by atoms with Crippen LogP contribution in [0.15, 0.2) is 72.9 Å². The summed E-state index contributed by atoms with van der Waals surface area (Å²) in [5, 5.41) is 12.7. The van der Waals surface area contributed by atoms with E-state index in [-0.39, 0.29) is 6.42 Å². The minimum atomic E-state index is -0.911. The second-order valence-electron chi connectivity index (χ2n) is 8.39. The van der Waals surface area contributed by atoms with E-state index in [0.29, 0.717) is 29.4 Å². The summed E-state index contributed by atoms with van der Waals surface area (Å²) in [6.07, 6.45) is 4.36. The lowest BCUT2D eigenvalue weighted by molar-refractivity contribution is -0.136. The molecule has 0 aliphatic heterocycles. The molecule has 176 valence electrons. The highest BCUT2D eigenvalue weighted by atomic mass is 16.4. The third-order valence-electron chi connectivity index (χ3n) is 5.08. The summed E-state index contributed by atoms with van der Waals surface area (Å²) in [6, 6.07) is 18.1. The van der Waals surface area contributed by atoms with Gasteiger partial charge in [-0.2, -0.15) is 0 Å². The van der Waals surface area contributed by atoms with E-state index in [1.165, 1.54) is 0 Å². The Kier molecular flexibility index (Phi) is 8.03. The van der Waals surface area contributed by atoms with Gasteiger partial charge in [0.2, 0.25) is 0 Å². The lowest BCUT2D eigenvalue weighted by Crippen LogP contribution is -2.22. The lowest BCUT2D eigenvalue weighted by Gasteiger charge is -2.22. The van der Waals surface area contributed by atoms with Crippen molar-refractivity contribution in [3.05, 3.63) is 95.5 Å². The molecule has 1 heterocycles. The van der Waals surface area contributed by atoms with E-state index >= 15 is 0 Å². The molecule has 0 atom stereocenters. The van der Waals surface area contributed by atoms with Crippen molar-refractivity contribution in [1.82, 2.24) is 9.97 Å². The average Bonchev–Trinajstić information content (AvgIpc) is 2.80. The molecule has 1 aromatic heterocycles. The standard InChI is InChI=1S/C27H31N5O2/c1-19(11-12-20-9-7-6-8-10-20)28-22-15-13-21(14-16-22)17-24-29-26(31(2)3)23(18-25(33)34)27(30-24)32(4)5/h6-16,28H,1,17-18H2,2-5H3,(H,33,34)/b12-11+. The molecule has 0 fully saturated rings. The molecule has 3 aromatic rings. The van der Waals surface area contributed by atoms with Crippen LogP contribution < -0.4 is 15.1 Å². The summed E-state index contributed by atoms with van der Waals surface area (Å²) in [5.41, 5.74) is 4.50. The van der Waals surface area contributed by atoms with Gasteiger partial charge < -0.3 is 20.2 Å². The van der Waals surface area contributed by atoms with Crippen LogP contribution in [0.3, 0.4) is 0 Å². The molecular formula is C27H31N5O2. The van der Waals surface area contributed by atoms with Crippen molar-refractivity contribution in [3.8, 4) is 0 Å². The molecule has 0 aliphatic carbocycles. The predicted molar refractivity (Wildman–Crippen MR) is 140 cm³/mol. The highest BCUT2D eigenvalue weighted by Gasteiger charge is 2.20. The number of aliphatic carboxylic acids is 1. The van der Waals surface area contributed by atoms with Gasteiger partial charge in [-0.15, -0.1) is 0 Å². The van der Waals surface area contributed by atoms with Crippen LogP contribution in [0.5, 0.6) is 0 Å². The average molecular weight is 458 g/mol. The van der Waals surface area contributed by atoms with Crippen molar-refractivity contribution in [1.29, 1.82) is 0 Å². The van der Waals surface area contributed by atoms with E-state index in [2.05, 4.69) is 21.9 Å². The summed E-state index contributed by atoms with van der Waals surface area (Å²) >= 11 is 0. The SMILES string of the molecule is C=C(/C=C/c1ccccc1)Nc1ccc(Cc2nc(N(C)C)c(CC(=O)O)c(N(C)C)n2)cc1. The summed E-state index contributed by atoms with van der Waals surface area (Å²) in [5.74, 6) is 0.968. The quantitative estimate of drug-likeness (QED) is 0.435. The molecule has 7 nitrogen and oxygen atoms in total. The number of benzene rings is 2. The number of rotatable bonds is 10. The lowest BCUT2D eigenvalue weighted by atomic mass is 10.1. The van der Waals surface area contributed by atoms with E-state index in [1.807, 2.05) is 105 Å². The maximum absolute atomic E-state index is 11.4. The van der Waals surface area contributed by atoms with Crippen molar-refractivity contribution in [2.75, 3.05) is 43.3 Å². The number of anilines is 3. The highest BCUT2D eigenvalue weighted by Crippen LogP contribution is 2.27. The van der Waals surface area contributed by atoms with Crippen LogP contribution in [0.1, 0.15) is 22.5 Å². The van der Waals surface area contributed by atoms with Crippen molar-refractivity contribution in [2.24, 2.45) is 0 Å². The molecule has 0 amide bonds. The molecule has 0 saturated heterocycles. The van der Waals surface area contributed by atoms with Crippen molar-refractivity contribution >= 4 is 29.4 Å². The fraction of sp³-hybridized carbons (Fsp3) is 0.222. The van der Waals surface area contributed by atoms with Gasteiger partial charge in [0.05, 0.1) is 6.42 Å². The fourth-order valence-electron chi connectivity index (χ4n) is 3.51. The first kappa shape index (κ1) is 24.5. The van der Waals surface area contributed by atoms with E-state index in [4.69, 9.17) is 0 Å². The van der Waals surface area contributed by atoms with Crippen molar-refractivity contribution in [3.63, 3.8) is 0 Å². The number of nitrogens with one attached hydrogen (secondary N) is 1.